The maximum absolute atomic E-state index is 10.5. The summed E-state index contributed by atoms with van der Waals surface area (Å²) in [5, 5.41) is 18.9. The molecule has 0 aromatic heterocycles. The third-order valence-electron chi connectivity index (χ3n) is 12.8. The number of hydrogen-bond acceptors (Lipinski definition) is 26. The molecule has 12 saturated heterocycles. The molecular formula is C55H80O29. The number of carbonyl (C=O) groups is 6. The molecule has 12 rings (SSSR count). The second kappa shape index (κ2) is 42.3. The van der Waals surface area contributed by atoms with Crippen molar-refractivity contribution in [3.8, 4) is 0 Å². The Labute approximate surface area is 487 Å². The third-order valence-corrected chi connectivity index (χ3v) is 12.8. The first-order valence-electron chi connectivity index (χ1n) is 28.2. The number of epoxide rings is 6. The first-order valence-corrected chi connectivity index (χ1v) is 28.2. The Balaban J connectivity index is 0.000000214. The van der Waals surface area contributed by atoms with Gasteiger partial charge < -0.3 is 95.5 Å². The van der Waals surface area contributed by atoms with Gasteiger partial charge in [-0.05, 0) is 38.5 Å². The van der Waals surface area contributed by atoms with E-state index in [2.05, 4.69) is 20.0 Å². The Kier molecular flexibility index (Phi) is 36.3. The number of ether oxygens (including phenoxy) is 18. The molecule has 474 valence electrons. The van der Waals surface area contributed by atoms with Gasteiger partial charge in [0, 0.05) is 0 Å². The zero-order valence-corrected chi connectivity index (χ0v) is 47.1. The van der Waals surface area contributed by atoms with Gasteiger partial charge in [0.05, 0.1) is 170 Å². The SMILES string of the molecule is C(CCC1CO1)CC1CO1.C(OCC1CO1)C1CO1.O=C1CC(CCCCC2CC(=O)O2)O1.O=C1CC(COCC(O)COCC2CC(=O)O2)O1.O=C1CC(COCC2CC(=O)O2)O1.OC(COCC1CO1)COCC1CO1.[C-]#[O+].[C-]#[O+].[C-]#[O+]. The molecule has 0 aromatic rings. The zero-order valence-electron chi connectivity index (χ0n) is 47.1. The van der Waals surface area contributed by atoms with Crippen LogP contribution < -0.4 is 0 Å². The second-order valence-electron chi connectivity index (χ2n) is 20.7. The predicted molar refractivity (Wildman–Crippen MR) is 271 cm³/mol. The van der Waals surface area contributed by atoms with Crippen LogP contribution in [0.2, 0.25) is 0 Å². The molecule has 12 atom stereocenters. The molecule has 0 amide bonds. The van der Waals surface area contributed by atoms with Crippen LogP contribution >= 0.6 is 0 Å². The van der Waals surface area contributed by atoms with Crippen LogP contribution in [0.15, 0.2) is 0 Å². The maximum atomic E-state index is 10.5. The molecule has 12 unspecified atom stereocenters. The van der Waals surface area contributed by atoms with Crippen molar-refractivity contribution in [1.29, 1.82) is 0 Å². The van der Waals surface area contributed by atoms with E-state index in [1.807, 2.05) is 0 Å². The molecule has 12 aliphatic heterocycles. The van der Waals surface area contributed by atoms with Crippen LogP contribution in [0, 0.1) is 20.0 Å². The molecule has 2 N–H and O–H groups in total. The Morgan fingerprint density at radius 2 is 0.476 bits per heavy atom. The second-order valence-corrected chi connectivity index (χ2v) is 20.7. The number of unbranched alkanes of at least 4 members (excludes halogenated alkanes) is 2. The van der Waals surface area contributed by atoms with E-state index in [1.165, 1.54) is 25.7 Å². The van der Waals surface area contributed by atoms with Gasteiger partial charge in [-0.1, -0.05) is 12.8 Å². The number of rotatable bonds is 34. The molecule has 84 heavy (non-hydrogen) atoms. The standard InChI is InChI=1S/C11H16O7.C10H14O4.C9H16O5.C8H10O5.C8H14O2.C6H10O3.3CO/c12-7(3-15-5-8-1-10(13)17-8)4-16-6-9-2-11(14)18-9;11-9-5-7(13-9)3-1-2-4-8-6-10(12)14-8;10-7(1-11-3-8-5-13-8)2-12-4-9-6-14-9;9-7-1-5(12-7)3-11-4-6-2-8(10)13-6;1(3-7-5-9-7)2-4-8-6-10-8;1(5-3-8-5)7-2-6-4-9-6;3*1-2/h7-9,12H,1-6H2;7-8H,1-6H2;7-10H,1-6H2;5-6H,1-4H2;7-8H,1-6H2;5-6H,1-4H2;;;. The molecule has 12 aliphatic rings. The zero-order chi connectivity index (χ0) is 60.9. The Hall–Kier alpha value is -4.52. The van der Waals surface area contributed by atoms with Gasteiger partial charge in [0.25, 0.3) is 0 Å². The van der Waals surface area contributed by atoms with E-state index in [-0.39, 0.29) is 97.9 Å². The van der Waals surface area contributed by atoms with Crippen LogP contribution in [-0.2, 0) is 128 Å². The summed E-state index contributed by atoms with van der Waals surface area (Å²) < 4.78 is 112. The summed E-state index contributed by atoms with van der Waals surface area (Å²) in [5.41, 5.74) is 0. The molecule has 12 fully saturated rings. The summed E-state index contributed by atoms with van der Waals surface area (Å²) >= 11 is 0. The van der Waals surface area contributed by atoms with Gasteiger partial charge in [-0.15, -0.1) is 0 Å². The molecule has 0 bridgehead atoms. The summed E-state index contributed by atoms with van der Waals surface area (Å²) in [5.74, 6) is -0.955. The molecule has 0 spiro atoms. The van der Waals surface area contributed by atoms with Crippen molar-refractivity contribution in [3.63, 3.8) is 0 Å². The van der Waals surface area contributed by atoms with E-state index in [9.17, 15) is 39.0 Å². The molecular weight excluding hydrogens is 1120 g/mol. The Bertz CT molecular complexity index is 1770. The number of esters is 6. The quantitative estimate of drug-likeness (QED) is 0.0214. The fraction of sp³-hybridized carbons (Fsp3) is 0.836. The van der Waals surface area contributed by atoms with E-state index < -0.39 is 12.2 Å². The molecule has 0 aromatic carbocycles. The van der Waals surface area contributed by atoms with Crippen LogP contribution in [0.3, 0.4) is 0 Å². The van der Waals surface area contributed by atoms with E-state index in [0.717, 1.165) is 78.5 Å². The Morgan fingerprint density at radius 1 is 0.310 bits per heavy atom. The average Bonchev–Trinajstić information content (AvgIpc) is 4.26. The van der Waals surface area contributed by atoms with Gasteiger partial charge >= 0.3 is 69.7 Å². The topological polar surface area (TPSA) is 389 Å². The van der Waals surface area contributed by atoms with Gasteiger partial charge in [0.2, 0.25) is 0 Å². The van der Waals surface area contributed by atoms with E-state index in [1.54, 1.807) is 0 Å². The van der Waals surface area contributed by atoms with E-state index >= 15 is 0 Å². The summed E-state index contributed by atoms with van der Waals surface area (Å²) in [6.45, 7) is 23.8. The molecule has 29 heteroatoms. The van der Waals surface area contributed by atoms with Crippen molar-refractivity contribution in [3.05, 3.63) is 20.0 Å². The number of carbonyl (C=O) groups excluding carboxylic acids is 6. The average molecular weight is 1210 g/mol. The van der Waals surface area contributed by atoms with Crippen molar-refractivity contribution in [2.45, 2.75) is 175 Å². The minimum atomic E-state index is -0.739. The number of hydrogen-bond donors (Lipinski definition) is 2. The molecule has 0 aliphatic carbocycles. The van der Waals surface area contributed by atoms with Crippen LogP contribution in [0.4, 0.5) is 0 Å². The third kappa shape index (κ3) is 36.5. The summed E-state index contributed by atoms with van der Waals surface area (Å²) in [4.78, 5) is 62.6. The van der Waals surface area contributed by atoms with Crippen molar-refractivity contribution in [2.24, 2.45) is 0 Å². The normalized spacial score (nSPS) is 29.6. The van der Waals surface area contributed by atoms with Crippen molar-refractivity contribution in [2.75, 3.05) is 119 Å². The van der Waals surface area contributed by atoms with E-state index in [4.69, 9.17) is 99.2 Å². The van der Waals surface area contributed by atoms with Crippen LogP contribution in [0.25, 0.3) is 0 Å². The predicted octanol–water partition coefficient (Wildman–Crippen LogP) is 0.0339. The number of aliphatic hydroxyl groups excluding tert-OH is 2. The summed E-state index contributed by atoms with van der Waals surface area (Å²) in [6, 6.07) is 0. The van der Waals surface area contributed by atoms with E-state index in [0.29, 0.717) is 116 Å². The monoisotopic (exact) mass is 1200 g/mol. The molecule has 0 saturated carbocycles. The fourth-order valence-electron chi connectivity index (χ4n) is 7.58. The Morgan fingerprint density at radius 3 is 0.679 bits per heavy atom. The van der Waals surface area contributed by atoms with Crippen molar-refractivity contribution >= 4 is 35.8 Å². The summed E-state index contributed by atoms with van der Waals surface area (Å²) in [6.07, 6.45) is 13.0. The van der Waals surface area contributed by atoms with Crippen molar-refractivity contribution in [1.82, 2.24) is 0 Å². The van der Waals surface area contributed by atoms with Gasteiger partial charge in [0.15, 0.2) is 0 Å². The van der Waals surface area contributed by atoms with Crippen LogP contribution in [0.5, 0.6) is 0 Å². The first kappa shape index (κ1) is 72.0. The van der Waals surface area contributed by atoms with Gasteiger partial charge in [-0.3, -0.25) is 28.8 Å². The van der Waals surface area contributed by atoms with Gasteiger partial charge in [-0.2, -0.15) is 0 Å². The summed E-state index contributed by atoms with van der Waals surface area (Å²) in [7, 11) is 0. The van der Waals surface area contributed by atoms with Crippen LogP contribution in [0.1, 0.15) is 89.9 Å². The minimum absolute atomic E-state index is 0.0806. The number of aliphatic hydroxyl groups is 2. The van der Waals surface area contributed by atoms with Crippen LogP contribution in [-0.4, -0.2) is 250 Å². The first-order chi connectivity index (χ1) is 40.8. The molecule has 29 nitrogen and oxygen atoms in total. The molecule has 0 radical (unpaired) electrons. The van der Waals surface area contributed by atoms with Gasteiger partial charge in [-0.25, -0.2) is 0 Å². The molecule has 12 heterocycles. The number of cyclic esters (lactones) is 6. The van der Waals surface area contributed by atoms with Crippen molar-refractivity contribution < 1.29 is 138 Å². The fourth-order valence-corrected chi connectivity index (χ4v) is 7.58. The van der Waals surface area contributed by atoms with Gasteiger partial charge in [0.1, 0.15) is 73.2 Å².